The summed E-state index contributed by atoms with van der Waals surface area (Å²) in [5.41, 5.74) is -0.642. The van der Waals surface area contributed by atoms with Crippen molar-refractivity contribution in [3.63, 3.8) is 0 Å². The molecule has 0 amide bonds. The third-order valence-corrected chi connectivity index (χ3v) is 15.0. The lowest BCUT2D eigenvalue weighted by atomic mass is 9.70. The first-order valence-electron chi connectivity index (χ1n) is 21.9. The number of rotatable bonds is 6. The van der Waals surface area contributed by atoms with Gasteiger partial charge in [0.15, 0.2) is 0 Å². The van der Waals surface area contributed by atoms with Crippen molar-refractivity contribution in [2.45, 2.75) is 256 Å². The molecule has 6 bridgehead atoms. The highest BCUT2D eigenvalue weighted by molar-refractivity contribution is 5.20. The van der Waals surface area contributed by atoms with Crippen LogP contribution < -0.4 is 0 Å². The van der Waals surface area contributed by atoms with Gasteiger partial charge in [-0.05, 0) is 56.8 Å². The van der Waals surface area contributed by atoms with Crippen LogP contribution in [0.5, 0.6) is 0 Å². The largest absolute Gasteiger partial charge is 0.390 e. The fraction of sp³-hybridized carbons (Fsp3) is 0.896. The normalized spacial score (nSPS) is 46.9. The third-order valence-electron chi connectivity index (χ3n) is 15.0. The van der Waals surface area contributed by atoms with Crippen LogP contribution in [0.15, 0.2) is 12.2 Å². The van der Waals surface area contributed by atoms with Gasteiger partial charge in [-0.3, -0.25) is 0 Å². The molecule has 0 aromatic carbocycles. The fourth-order valence-corrected chi connectivity index (χ4v) is 11.7. The molecule has 0 unspecified atom stereocenters. The standard InChI is InChI=1S/C16H25NO2.C15H21NO2.C14H21NO4.3CH4/c1-10-8-16-9-14(12(10)3)18-15(16)6-5-13(19-16)7-11(2)17-4;1-10-6-7-15-9-13(10)17-14(15)5-4-12(18-15)8-11(2)16-3;1-8(15-2)5-9-3-4-12-14(19-9)6-10(16)13(17)11(7-14)18-12;;;/h10-15H,5-9H2,1-3H3;6-7,10-14H,4-5,8-9H2,1-2H3;8-13,16-17H,3-7H2,1H3;3*1H4/t10-,11-,12-,13-,14-,15+,16+;10-,11-,12-,13-,14+,15+;8-,9-,10-,11-,12+,13-,14+;;;/m111.../s1. The molecular weight excluding hydrogens is 747 g/mol. The maximum absolute atomic E-state index is 9.95. The Morgan fingerprint density at radius 3 is 1.59 bits per heavy atom. The van der Waals surface area contributed by atoms with Crippen LogP contribution >= 0.6 is 0 Å². The number of nitrogens with zero attached hydrogens (tertiary/aromatic N) is 3. The Morgan fingerprint density at radius 1 is 0.593 bits per heavy atom. The summed E-state index contributed by atoms with van der Waals surface area (Å²) < 4.78 is 37.3. The van der Waals surface area contributed by atoms with Crippen LogP contribution in [-0.2, 0) is 28.4 Å². The van der Waals surface area contributed by atoms with Crippen LogP contribution in [-0.4, -0.2) is 112 Å². The maximum Gasteiger partial charge on any atom is 0.223 e. The van der Waals surface area contributed by atoms with Crippen LogP contribution in [0.25, 0.3) is 14.5 Å². The van der Waals surface area contributed by atoms with Crippen LogP contribution in [0.3, 0.4) is 0 Å². The van der Waals surface area contributed by atoms with Gasteiger partial charge in [0.05, 0.1) is 72.2 Å². The molecule has 3 spiro atoms. The van der Waals surface area contributed by atoms with Gasteiger partial charge in [-0.1, -0.05) is 55.2 Å². The number of aliphatic hydroxyl groups is 2. The second-order valence-corrected chi connectivity index (χ2v) is 19.3. The predicted octanol–water partition coefficient (Wildman–Crippen LogP) is 9.19. The smallest absolute Gasteiger partial charge is 0.223 e. The molecule has 0 radical (unpaired) electrons. The van der Waals surface area contributed by atoms with E-state index in [1.54, 1.807) is 0 Å². The van der Waals surface area contributed by atoms with Crippen molar-refractivity contribution < 1.29 is 38.6 Å². The van der Waals surface area contributed by atoms with Gasteiger partial charge in [0.1, 0.15) is 11.7 Å². The van der Waals surface area contributed by atoms with E-state index in [9.17, 15) is 10.2 Å². The molecule has 20 atom stereocenters. The van der Waals surface area contributed by atoms with Crippen molar-refractivity contribution in [2.24, 2.45) is 17.8 Å². The Kier molecular flexibility index (Phi) is 16.7. The maximum atomic E-state index is 9.95. The highest BCUT2D eigenvalue weighted by atomic mass is 16.6. The van der Waals surface area contributed by atoms with Gasteiger partial charge in [0.25, 0.3) is 0 Å². The minimum Gasteiger partial charge on any atom is -0.390 e. The molecule has 2 N–H and O–H groups in total. The molecule has 8 fully saturated rings. The van der Waals surface area contributed by atoms with E-state index >= 15 is 0 Å². The second kappa shape index (κ2) is 19.9. The monoisotopic (exact) mass is 826 g/mol. The van der Waals surface area contributed by atoms with E-state index in [1.165, 1.54) is 0 Å². The Bertz CT molecular complexity index is 1470. The van der Waals surface area contributed by atoms with Crippen LogP contribution in [0, 0.1) is 37.5 Å². The molecule has 59 heavy (non-hydrogen) atoms. The summed E-state index contributed by atoms with van der Waals surface area (Å²) >= 11 is 0. The molecule has 6 heterocycles. The van der Waals surface area contributed by atoms with Gasteiger partial charge < -0.3 is 53.2 Å². The van der Waals surface area contributed by atoms with Gasteiger partial charge in [0, 0.05) is 71.6 Å². The molecule has 6 saturated heterocycles. The van der Waals surface area contributed by atoms with E-state index in [1.807, 2.05) is 20.8 Å². The average Bonchev–Trinajstić information content (AvgIpc) is 3.80. The summed E-state index contributed by atoms with van der Waals surface area (Å²) in [4.78, 5) is 10.7. The Labute approximate surface area is 357 Å². The first-order chi connectivity index (χ1) is 26.7. The molecular formula is C48H79N3O8. The lowest BCUT2D eigenvalue weighted by molar-refractivity contribution is -0.178. The van der Waals surface area contributed by atoms with Gasteiger partial charge >= 0.3 is 0 Å². The van der Waals surface area contributed by atoms with Crippen molar-refractivity contribution >= 4 is 0 Å². The van der Waals surface area contributed by atoms with Gasteiger partial charge in [0.2, 0.25) is 18.1 Å². The fourth-order valence-electron chi connectivity index (χ4n) is 11.7. The summed E-state index contributed by atoms with van der Waals surface area (Å²) in [5.74, 6) is 1.84. The number of hydrogen-bond donors (Lipinski definition) is 2. The first-order valence-corrected chi connectivity index (χ1v) is 21.9. The van der Waals surface area contributed by atoms with E-state index < -0.39 is 17.8 Å². The van der Waals surface area contributed by atoms with E-state index in [4.69, 9.17) is 48.1 Å². The first kappa shape index (κ1) is 49.5. The van der Waals surface area contributed by atoms with Gasteiger partial charge in [-0.15, -0.1) is 0 Å². The number of aliphatic hydroxyl groups excluding tert-OH is 2. The zero-order valence-corrected chi connectivity index (χ0v) is 34.6. The third kappa shape index (κ3) is 10.1. The molecule has 9 rings (SSSR count). The van der Waals surface area contributed by atoms with Crippen LogP contribution in [0.1, 0.15) is 154 Å². The van der Waals surface area contributed by atoms with E-state index in [0.29, 0.717) is 48.9 Å². The lowest BCUT2D eigenvalue weighted by Crippen LogP contribution is -2.54. The van der Waals surface area contributed by atoms with Crippen LogP contribution in [0.4, 0.5) is 0 Å². The summed E-state index contributed by atoms with van der Waals surface area (Å²) in [7, 11) is 0. The van der Waals surface area contributed by atoms with Crippen molar-refractivity contribution in [1.29, 1.82) is 0 Å². The summed E-state index contributed by atoms with van der Waals surface area (Å²) in [6.07, 6.45) is 17.3. The minimum absolute atomic E-state index is 0. The lowest BCUT2D eigenvalue weighted by Gasteiger charge is -2.45. The van der Waals surface area contributed by atoms with Gasteiger partial charge in [-0.2, -0.15) is 0 Å². The van der Waals surface area contributed by atoms with Crippen molar-refractivity contribution in [1.82, 2.24) is 0 Å². The molecule has 11 nitrogen and oxygen atoms in total. The molecule has 0 aromatic heterocycles. The minimum atomic E-state index is -0.791. The highest BCUT2D eigenvalue weighted by Crippen LogP contribution is 2.54. The zero-order valence-electron chi connectivity index (χ0n) is 34.6. The summed E-state index contributed by atoms with van der Waals surface area (Å²) in [6.45, 7) is 34.0. The average molecular weight is 826 g/mol. The SMILES string of the molecule is C.C.C.[C-]#[N+][C@H](C)C[C@H]1CC[C@@H]2O[C@@H]3C[C@]2(C=C[C@H]3C)O1.[C-]#[N+][C@H](C)C[C@H]1CC[C@@H]2O[C@@H]3C[C@]2(C[C@@H](C)[C@H]3C)O1.[C-]#[N+][C@H](C)C[C@H]1CC[C@@H]2O[C@@H]3C[C@]2(C[C@@H](O)[C@H]3O)O1. The highest BCUT2D eigenvalue weighted by Gasteiger charge is 2.61. The number of ether oxygens (including phenoxy) is 6. The van der Waals surface area contributed by atoms with Gasteiger partial charge in [-0.25, -0.2) is 19.7 Å². The summed E-state index contributed by atoms with van der Waals surface area (Å²) in [6, 6.07) is 0.110. The van der Waals surface area contributed by atoms with E-state index in [2.05, 4.69) is 47.5 Å². The Hall–Kier alpha value is -2.11. The van der Waals surface area contributed by atoms with E-state index in [0.717, 1.165) is 77.0 Å². The molecule has 334 valence electrons. The van der Waals surface area contributed by atoms with Crippen molar-refractivity contribution in [3.8, 4) is 0 Å². The molecule has 6 aliphatic heterocycles. The van der Waals surface area contributed by atoms with Crippen molar-refractivity contribution in [3.05, 3.63) is 46.4 Å². The topological polar surface area (TPSA) is 109 Å². The van der Waals surface area contributed by atoms with Crippen LogP contribution in [0.2, 0.25) is 0 Å². The molecule has 0 aromatic rings. The quantitative estimate of drug-likeness (QED) is 0.202. The van der Waals surface area contributed by atoms with Crippen molar-refractivity contribution in [2.75, 3.05) is 0 Å². The zero-order chi connectivity index (χ0) is 40.0. The van der Waals surface area contributed by atoms with E-state index in [-0.39, 0.29) is 88.2 Å². The predicted molar refractivity (Wildman–Crippen MR) is 230 cm³/mol. The number of hydrogen-bond acceptors (Lipinski definition) is 8. The summed E-state index contributed by atoms with van der Waals surface area (Å²) in [5, 5.41) is 19.8. The Balaban J connectivity index is 0.000000191. The molecule has 3 aliphatic carbocycles. The number of fused-ring (bicyclic) bond motifs is 3. The molecule has 2 saturated carbocycles. The second-order valence-electron chi connectivity index (χ2n) is 19.3. The Morgan fingerprint density at radius 2 is 1.05 bits per heavy atom. The molecule has 9 aliphatic rings. The molecule has 11 heteroatoms.